The van der Waals surface area contributed by atoms with Crippen molar-refractivity contribution in [1.29, 1.82) is 0 Å². The fourth-order valence-electron chi connectivity index (χ4n) is 1.26. The average Bonchev–Trinajstić information content (AvgIpc) is 2.27. The Balaban J connectivity index is 3.15. The lowest BCUT2D eigenvalue weighted by Gasteiger charge is -2.08. The fraction of sp³-hybridized carbons (Fsp3) is 0.250. The number of hydrogen-bond acceptors (Lipinski definition) is 3. The highest BCUT2D eigenvalue weighted by Crippen LogP contribution is 2.22. The normalized spacial score (nSPS) is 11.2. The van der Waals surface area contributed by atoms with E-state index in [2.05, 4.69) is 0 Å². The molecule has 0 radical (unpaired) electrons. The number of carbonyl (C=O) groups excluding carboxylic acids is 1. The van der Waals surface area contributed by atoms with Crippen molar-refractivity contribution in [2.75, 3.05) is 13.7 Å². The van der Waals surface area contributed by atoms with Gasteiger partial charge in [-0.3, -0.25) is 0 Å². The van der Waals surface area contributed by atoms with E-state index in [1.165, 1.54) is 19.2 Å². The predicted octanol–water partition coefficient (Wildman–Crippen LogP) is 3.03. The summed E-state index contributed by atoms with van der Waals surface area (Å²) in [5.74, 6) is -1.25. The Morgan fingerprint density at radius 2 is 2.24 bits per heavy atom. The number of ether oxygens (including phenoxy) is 2. The molecular weight excluding hydrogens is 247 g/mol. The lowest BCUT2D eigenvalue weighted by atomic mass is 10.1. The molecule has 0 aliphatic rings. The fourth-order valence-corrected chi connectivity index (χ4v) is 1.41. The number of rotatable bonds is 4. The van der Waals surface area contributed by atoms with Crippen LogP contribution in [0.3, 0.4) is 0 Å². The van der Waals surface area contributed by atoms with E-state index in [1.807, 2.05) is 0 Å². The van der Waals surface area contributed by atoms with Crippen molar-refractivity contribution in [3.05, 3.63) is 40.9 Å². The highest BCUT2D eigenvalue weighted by molar-refractivity contribution is 6.30. The molecular formula is C12H12ClFO3. The Morgan fingerprint density at radius 1 is 1.53 bits per heavy atom. The minimum absolute atomic E-state index is 0.0171. The molecule has 0 aliphatic heterocycles. The van der Waals surface area contributed by atoms with Crippen molar-refractivity contribution < 1.29 is 18.7 Å². The maximum atomic E-state index is 13.6. The minimum Gasteiger partial charge on any atom is -0.503 e. The molecule has 0 amide bonds. The molecule has 0 spiro atoms. The summed E-state index contributed by atoms with van der Waals surface area (Å²) < 4.78 is 23.2. The molecule has 0 aliphatic carbocycles. The smallest absolute Gasteiger partial charge is 0.341 e. The van der Waals surface area contributed by atoms with E-state index in [9.17, 15) is 9.18 Å². The SMILES string of the molecule is CCOC(=O)/C(=C\OC)c1ccc(Cl)cc1F. The van der Waals surface area contributed by atoms with Crippen LogP contribution in [-0.2, 0) is 14.3 Å². The van der Waals surface area contributed by atoms with Crippen molar-refractivity contribution in [2.45, 2.75) is 6.92 Å². The summed E-state index contributed by atoms with van der Waals surface area (Å²) in [4.78, 5) is 11.6. The van der Waals surface area contributed by atoms with Crippen LogP contribution in [0.2, 0.25) is 5.02 Å². The Kier molecular flexibility index (Phi) is 4.97. The molecule has 0 N–H and O–H groups in total. The molecule has 92 valence electrons. The van der Waals surface area contributed by atoms with E-state index >= 15 is 0 Å². The second-order valence-electron chi connectivity index (χ2n) is 3.11. The van der Waals surface area contributed by atoms with Gasteiger partial charge in [-0.05, 0) is 25.1 Å². The lowest BCUT2D eigenvalue weighted by molar-refractivity contribution is -0.136. The molecule has 0 atom stereocenters. The molecule has 0 heterocycles. The van der Waals surface area contributed by atoms with Crippen LogP contribution in [0.4, 0.5) is 4.39 Å². The van der Waals surface area contributed by atoms with E-state index in [0.29, 0.717) is 0 Å². The first kappa shape index (κ1) is 13.5. The summed E-state index contributed by atoms with van der Waals surface area (Å²) in [6, 6.07) is 4.02. The molecule has 17 heavy (non-hydrogen) atoms. The van der Waals surface area contributed by atoms with Crippen molar-refractivity contribution in [1.82, 2.24) is 0 Å². The zero-order valence-electron chi connectivity index (χ0n) is 9.50. The predicted molar refractivity (Wildman–Crippen MR) is 63.0 cm³/mol. The molecule has 0 unspecified atom stereocenters. The number of halogens is 2. The average molecular weight is 259 g/mol. The molecule has 1 aromatic carbocycles. The zero-order chi connectivity index (χ0) is 12.8. The van der Waals surface area contributed by atoms with E-state index in [4.69, 9.17) is 21.1 Å². The van der Waals surface area contributed by atoms with Gasteiger partial charge in [0.2, 0.25) is 0 Å². The van der Waals surface area contributed by atoms with Gasteiger partial charge in [-0.15, -0.1) is 0 Å². The summed E-state index contributed by atoms with van der Waals surface area (Å²) >= 11 is 5.63. The largest absolute Gasteiger partial charge is 0.503 e. The van der Waals surface area contributed by atoms with E-state index < -0.39 is 11.8 Å². The molecule has 0 bridgehead atoms. The number of methoxy groups -OCH3 is 1. The van der Waals surface area contributed by atoms with Crippen molar-refractivity contribution in [2.24, 2.45) is 0 Å². The second-order valence-corrected chi connectivity index (χ2v) is 3.55. The van der Waals surface area contributed by atoms with Gasteiger partial charge in [-0.25, -0.2) is 9.18 Å². The molecule has 5 heteroatoms. The van der Waals surface area contributed by atoms with Gasteiger partial charge in [0.25, 0.3) is 0 Å². The summed E-state index contributed by atoms with van der Waals surface area (Å²) in [5, 5.41) is 0.256. The van der Waals surface area contributed by atoms with Crippen molar-refractivity contribution in [3.63, 3.8) is 0 Å². The molecule has 0 saturated heterocycles. The standard InChI is InChI=1S/C12H12ClFO3/c1-3-17-12(15)10(7-16-2)9-5-4-8(13)6-11(9)14/h4-7H,3H2,1-2H3/b10-7-. The van der Waals surface area contributed by atoms with Crippen LogP contribution in [0.1, 0.15) is 12.5 Å². The van der Waals surface area contributed by atoms with Gasteiger partial charge in [-0.1, -0.05) is 11.6 Å². The van der Waals surface area contributed by atoms with Crippen LogP contribution in [0.15, 0.2) is 24.5 Å². The van der Waals surface area contributed by atoms with Crippen LogP contribution in [-0.4, -0.2) is 19.7 Å². The first-order chi connectivity index (χ1) is 8.10. The Hall–Kier alpha value is -1.55. The van der Waals surface area contributed by atoms with Crippen LogP contribution >= 0.6 is 11.6 Å². The Bertz CT molecular complexity index is 443. The van der Waals surface area contributed by atoms with E-state index in [-0.39, 0.29) is 22.8 Å². The second kappa shape index (κ2) is 6.25. The quantitative estimate of drug-likeness (QED) is 0.473. The topological polar surface area (TPSA) is 35.5 Å². The van der Waals surface area contributed by atoms with Crippen LogP contribution in [0.5, 0.6) is 0 Å². The van der Waals surface area contributed by atoms with Gasteiger partial charge in [0.1, 0.15) is 11.4 Å². The monoisotopic (exact) mass is 258 g/mol. The number of benzene rings is 1. The first-order valence-corrected chi connectivity index (χ1v) is 5.33. The Morgan fingerprint density at radius 3 is 2.76 bits per heavy atom. The third-order valence-electron chi connectivity index (χ3n) is 1.95. The third-order valence-corrected chi connectivity index (χ3v) is 2.19. The number of carbonyl (C=O) groups is 1. The molecule has 0 saturated carbocycles. The summed E-state index contributed by atoms with van der Waals surface area (Å²) in [5.41, 5.74) is 0.109. The number of esters is 1. The highest BCUT2D eigenvalue weighted by atomic mass is 35.5. The first-order valence-electron chi connectivity index (χ1n) is 4.95. The molecule has 0 fully saturated rings. The highest BCUT2D eigenvalue weighted by Gasteiger charge is 2.17. The molecule has 3 nitrogen and oxygen atoms in total. The van der Waals surface area contributed by atoms with E-state index in [0.717, 1.165) is 12.3 Å². The maximum absolute atomic E-state index is 13.6. The minimum atomic E-state index is -0.643. The van der Waals surface area contributed by atoms with Gasteiger partial charge in [-0.2, -0.15) is 0 Å². The molecule has 1 rings (SSSR count). The van der Waals surface area contributed by atoms with Gasteiger partial charge in [0.05, 0.1) is 20.0 Å². The van der Waals surface area contributed by atoms with Gasteiger partial charge >= 0.3 is 5.97 Å². The molecule has 1 aromatic rings. The summed E-state index contributed by atoms with van der Waals surface area (Å²) in [6.45, 7) is 1.87. The van der Waals surface area contributed by atoms with Gasteiger partial charge in [0.15, 0.2) is 0 Å². The third kappa shape index (κ3) is 3.46. The van der Waals surface area contributed by atoms with Gasteiger partial charge in [0, 0.05) is 10.6 Å². The van der Waals surface area contributed by atoms with Crippen LogP contribution in [0.25, 0.3) is 5.57 Å². The zero-order valence-corrected chi connectivity index (χ0v) is 10.3. The van der Waals surface area contributed by atoms with Crippen LogP contribution < -0.4 is 0 Å². The van der Waals surface area contributed by atoms with Gasteiger partial charge < -0.3 is 9.47 Å². The van der Waals surface area contributed by atoms with Crippen LogP contribution in [0, 0.1) is 5.82 Å². The Labute approximate surface area is 104 Å². The van der Waals surface area contributed by atoms with Crippen molar-refractivity contribution >= 4 is 23.1 Å². The summed E-state index contributed by atoms with van der Waals surface area (Å²) in [7, 11) is 1.37. The summed E-state index contributed by atoms with van der Waals surface area (Å²) in [6.07, 6.45) is 1.14. The number of hydrogen-bond donors (Lipinski definition) is 0. The lowest BCUT2D eigenvalue weighted by Crippen LogP contribution is -2.08. The van der Waals surface area contributed by atoms with E-state index in [1.54, 1.807) is 6.92 Å². The maximum Gasteiger partial charge on any atom is 0.341 e. The molecule has 0 aromatic heterocycles. The van der Waals surface area contributed by atoms with Crippen molar-refractivity contribution in [3.8, 4) is 0 Å².